The number of carbonyl (C=O) groups is 1. The molecular formula is C11H9FN2O2. The Balaban J connectivity index is 2.00. The van der Waals surface area contributed by atoms with Crippen molar-refractivity contribution in [3.05, 3.63) is 48.4 Å². The van der Waals surface area contributed by atoms with Gasteiger partial charge in [-0.05, 0) is 17.7 Å². The lowest BCUT2D eigenvalue weighted by molar-refractivity contribution is -0.115. The number of carbonyl (C=O) groups excluding carboxylic acids is 1. The molecule has 2 aromatic rings. The lowest BCUT2D eigenvalue weighted by Crippen LogP contribution is -2.15. The van der Waals surface area contributed by atoms with Gasteiger partial charge in [-0.1, -0.05) is 0 Å². The third kappa shape index (κ3) is 2.44. The van der Waals surface area contributed by atoms with Crippen LogP contribution < -0.4 is 5.32 Å². The van der Waals surface area contributed by atoms with Crippen molar-refractivity contribution in [1.82, 2.24) is 4.98 Å². The third-order valence-corrected chi connectivity index (χ3v) is 1.99. The molecule has 0 unspecified atom stereocenters. The SMILES string of the molecule is O=C(Cc1ccoc1)Nc1ccncc1F. The molecule has 2 heterocycles. The summed E-state index contributed by atoms with van der Waals surface area (Å²) in [6.07, 6.45) is 5.57. The van der Waals surface area contributed by atoms with E-state index in [9.17, 15) is 9.18 Å². The molecule has 1 N–H and O–H groups in total. The summed E-state index contributed by atoms with van der Waals surface area (Å²) in [5, 5.41) is 2.45. The van der Waals surface area contributed by atoms with E-state index < -0.39 is 5.82 Å². The maximum absolute atomic E-state index is 13.1. The molecule has 0 atom stereocenters. The van der Waals surface area contributed by atoms with Crippen LogP contribution in [0.4, 0.5) is 10.1 Å². The highest BCUT2D eigenvalue weighted by atomic mass is 19.1. The summed E-state index contributed by atoms with van der Waals surface area (Å²) < 4.78 is 18.0. The summed E-state index contributed by atoms with van der Waals surface area (Å²) in [6.45, 7) is 0. The fourth-order valence-electron chi connectivity index (χ4n) is 1.25. The fraction of sp³-hybridized carbons (Fsp3) is 0.0909. The van der Waals surface area contributed by atoms with E-state index in [0.717, 1.165) is 11.8 Å². The number of nitrogens with zero attached hydrogens (tertiary/aromatic N) is 1. The molecule has 0 saturated carbocycles. The zero-order valence-electron chi connectivity index (χ0n) is 8.31. The monoisotopic (exact) mass is 220 g/mol. The predicted octanol–water partition coefficient (Wildman–Crippen LogP) is 1.99. The minimum Gasteiger partial charge on any atom is -0.472 e. The molecule has 1 amide bonds. The molecule has 0 aliphatic carbocycles. The number of nitrogens with one attached hydrogen (secondary N) is 1. The Morgan fingerprint density at radius 3 is 3.06 bits per heavy atom. The topological polar surface area (TPSA) is 55.1 Å². The highest BCUT2D eigenvalue weighted by Crippen LogP contribution is 2.11. The Kier molecular flexibility index (Phi) is 2.95. The van der Waals surface area contributed by atoms with E-state index in [1.54, 1.807) is 6.07 Å². The molecule has 82 valence electrons. The van der Waals surface area contributed by atoms with Crippen molar-refractivity contribution in [3.63, 3.8) is 0 Å². The van der Waals surface area contributed by atoms with Gasteiger partial charge >= 0.3 is 0 Å². The van der Waals surface area contributed by atoms with E-state index in [2.05, 4.69) is 10.3 Å². The summed E-state index contributed by atoms with van der Waals surface area (Å²) in [6, 6.07) is 3.09. The normalized spacial score (nSPS) is 10.1. The first-order valence-corrected chi connectivity index (χ1v) is 4.66. The van der Waals surface area contributed by atoms with Crippen LogP contribution in [0.2, 0.25) is 0 Å². The molecule has 0 spiro atoms. The average Bonchev–Trinajstić information content (AvgIpc) is 2.74. The summed E-state index contributed by atoms with van der Waals surface area (Å²) in [4.78, 5) is 15.1. The Morgan fingerprint density at radius 2 is 2.38 bits per heavy atom. The number of pyridine rings is 1. The molecule has 0 aliphatic rings. The number of aromatic nitrogens is 1. The maximum atomic E-state index is 13.1. The van der Waals surface area contributed by atoms with Crippen molar-refractivity contribution in [2.45, 2.75) is 6.42 Å². The molecular weight excluding hydrogens is 211 g/mol. The zero-order valence-corrected chi connectivity index (χ0v) is 8.31. The van der Waals surface area contributed by atoms with E-state index in [1.807, 2.05) is 0 Å². The minimum absolute atomic E-state index is 0.128. The van der Waals surface area contributed by atoms with Crippen LogP contribution in [0.15, 0.2) is 41.5 Å². The van der Waals surface area contributed by atoms with Gasteiger partial charge in [-0.3, -0.25) is 9.78 Å². The van der Waals surface area contributed by atoms with E-state index in [-0.39, 0.29) is 18.0 Å². The molecule has 0 bridgehead atoms. The second-order valence-corrected chi connectivity index (χ2v) is 3.21. The molecule has 0 aliphatic heterocycles. The Morgan fingerprint density at radius 1 is 1.50 bits per heavy atom. The molecule has 0 aromatic carbocycles. The lowest BCUT2D eigenvalue weighted by Gasteiger charge is -2.04. The van der Waals surface area contributed by atoms with Gasteiger partial charge in [0.05, 0.1) is 30.8 Å². The van der Waals surface area contributed by atoms with Crippen LogP contribution in [0.3, 0.4) is 0 Å². The number of furan rings is 1. The van der Waals surface area contributed by atoms with Crippen LogP contribution in [0.25, 0.3) is 0 Å². The zero-order chi connectivity index (χ0) is 11.4. The molecule has 2 rings (SSSR count). The van der Waals surface area contributed by atoms with Gasteiger partial charge in [0.2, 0.25) is 5.91 Å². The van der Waals surface area contributed by atoms with Crippen LogP contribution in [0.1, 0.15) is 5.56 Å². The largest absolute Gasteiger partial charge is 0.472 e. The second-order valence-electron chi connectivity index (χ2n) is 3.21. The fourth-order valence-corrected chi connectivity index (χ4v) is 1.25. The Bertz CT molecular complexity index is 482. The van der Waals surface area contributed by atoms with Gasteiger partial charge in [0, 0.05) is 6.20 Å². The van der Waals surface area contributed by atoms with E-state index in [1.165, 1.54) is 24.8 Å². The lowest BCUT2D eigenvalue weighted by atomic mass is 10.2. The third-order valence-electron chi connectivity index (χ3n) is 1.99. The molecule has 0 saturated heterocycles. The summed E-state index contributed by atoms with van der Waals surface area (Å²) in [7, 11) is 0. The van der Waals surface area contributed by atoms with Crippen LogP contribution in [-0.2, 0) is 11.2 Å². The molecule has 0 radical (unpaired) electrons. The van der Waals surface area contributed by atoms with Crippen molar-refractivity contribution < 1.29 is 13.6 Å². The van der Waals surface area contributed by atoms with Crippen molar-refractivity contribution >= 4 is 11.6 Å². The van der Waals surface area contributed by atoms with Gasteiger partial charge < -0.3 is 9.73 Å². The summed E-state index contributed by atoms with van der Waals surface area (Å²) in [5.41, 5.74) is 0.871. The quantitative estimate of drug-likeness (QED) is 0.860. The van der Waals surface area contributed by atoms with E-state index in [4.69, 9.17) is 4.42 Å². The average molecular weight is 220 g/mol. The van der Waals surface area contributed by atoms with E-state index in [0.29, 0.717) is 0 Å². The molecule has 5 heteroatoms. The Labute approximate surface area is 91.1 Å². The van der Waals surface area contributed by atoms with Crippen LogP contribution in [0.5, 0.6) is 0 Å². The molecule has 4 nitrogen and oxygen atoms in total. The van der Waals surface area contributed by atoms with Crippen molar-refractivity contribution in [3.8, 4) is 0 Å². The summed E-state index contributed by atoms with van der Waals surface area (Å²) in [5.74, 6) is -0.852. The first kappa shape index (κ1) is 10.4. The Hall–Kier alpha value is -2.17. The van der Waals surface area contributed by atoms with Crippen molar-refractivity contribution in [2.75, 3.05) is 5.32 Å². The van der Waals surface area contributed by atoms with E-state index >= 15 is 0 Å². The summed E-state index contributed by atoms with van der Waals surface area (Å²) >= 11 is 0. The highest BCUT2D eigenvalue weighted by Gasteiger charge is 2.07. The highest BCUT2D eigenvalue weighted by molar-refractivity contribution is 5.92. The smallest absolute Gasteiger partial charge is 0.228 e. The van der Waals surface area contributed by atoms with Gasteiger partial charge in [0.15, 0.2) is 5.82 Å². The number of rotatable bonds is 3. The first-order chi connectivity index (χ1) is 7.75. The molecule has 2 aromatic heterocycles. The number of hydrogen-bond donors (Lipinski definition) is 1. The van der Waals surface area contributed by atoms with Crippen LogP contribution >= 0.6 is 0 Å². The number of amides is 1. The van der Waals surface area contributed by atoms with Crippen LogP contribution in [-0.4, -0.2) is 10.9 Å². The second kappa shape index (κ2) is 4.57. The maximum Gasteiger partial charge on any atom is 0.228 e. The van der Waals surface area contributed by atoms with Crippen molar-refractivity contribution in [2.24, 2.45) is 0 Å². The minimum atomic E-state index is -0.553. The van der Waals surface area contributed by atoms with Gasteiger partial charge in [0.25, 0.3) is 0 Å². The molecule has 16 heavy (non-hydrogen) atoms. The van der Waals surface area contributed by atoms with Gasteiger partial charge in [-0.15, -0.1) is 0 Å². The standard InChI is InChI=1S/C11H9FN2O2/c12-9-6-13-3-1-10(9)14-11(15)5-8-2-4-16-7-8/h1-4,6-7H,5H2,(H,13,14,15). The van der Waals surface area contributed by atoms with Gasteiger partial charge in [-0.2, -0.15) is 0 Å². The van der Waals surface area contributed by atoms with Gasteiger partial charge in [0.1, 0.15) is 0 Å². The predicted molar refractivity (Wildman–Crippen MR) is 55.2 cm³/mol. The number of halogens is 1. The molecule has 0 fully saturated rings. The van der Waals surface area contributed by atoms with Crippen LogP contribution in [0, 0.1) is 5.82 Å². The van der Waals surface area contributed by atoms with Gasteiger partial charge in [-0.25, -0.2) is 4.39 Å². The first-order valence-electron chi connectivity index (χ1n) is 4.66. The number of anilines is 1. The number of hydrogen-bond acceptors (Lipinski definition) is 3. The van der Waals surface area contributed by atoms with Crippen molar-refractivity contribution in [1.29, 1.82) is 0 Å².